The predicted octanol–water partition coefficient (Wildman–Crippen LogP) is 1.42. The van der Waals surface area contributed by atoms with Crippen molar-refractivity contribution in [2.45, 2.75) is 28.7 Å². The highest BCUT2D eigenvalue weighted by Crippen LogP contribution is 2.28. The van der Waals surface area contributed by atoms with Crippen LogP contribution in [-0.4, -0.2) is 41.0 Å². The first-order valence-electron chi connectivity index (χ1n) is 8.99. The Morgan fingerprint density at radius 1 is 1.07 bits per heavy atom. The number of primary sulfonamides is 1. The number of hydrogen-bond acceptors (Lipinski definition) is 7. The molecule has 0 bridgehead atoms. The van der Waals surface area contributed by atoms with E-state index in [0.29, 0.717) is 11.6 Å². The molecule has 2 aromatic carbocycles. The number of nitrogens with zero attached hydrogens (tertiary/aromatic N) is 2. The van der Waals surface area contributed by atoms with E-state index in [1.807, 2.05) is 29.2 Å². The van der Waals surface area contributed by atoms with Crippen LogP contribution >= 0.6 is 0 Å². The van der Waals surface area contributed by atoms with Gasteiger partial charge in [0.2, 0.25) is 20.0 Å². The highest BCUT2D eigenvalue weighted by atomic mass is 32.2. The zero-order valence-electron chi connectivity index (χ0n) is 15.4. The molecule has 1 aliphatic heterocycles. The topological polar surface area (TPSA) is 136 Å². The number of sulfonamides is 2. The third-order valence-electron chi connectivity index (χ3n) is 4.88. The Labute approximate surface area is 168 Å². The van der Waals surface area contributed by atoms with Crippen LogP contribution in [0.5, 0.6) is 0 Å². The number of benzene rings is 2. The number of nitrogens with one attached hydrogen (secondary N) is 1. The third kappa shape index (κ3) is 4.13. The molecule has 2 heterocycles. The van der Waals surface area contributed by atoms with Crippen LogP contribution in [0.3, 0.4) is 0 Å². The van der Waals surface area contributed by atoms with Crippen molar-refractivity contribution in [1.82, 2.24) is 9.71 Å². The summed E-state index contributed by atoms with van der Waals surface area (Å²) in [5.74, 6) is 0. The van der Waals surface area contributed by atoms with Crippen LogP contribution in [-0.2, 0) is 20.0 Å². The van der Waals surface area contributed by atoms with Crippen LogP contribution in [0.25, 0.3) is 11.1 Å². The van der Waals surface area contributed by atoms with Crippen LogP contribution in [0.2, 0.25) is 0 Å². The summed E-state index contributed by atoms with van der Waals surface area (Å²) in [4.78, 5) is 6.28. The second kappa shape index (κ2) is 7.41. The largest absolute Gasteiger partial charge is 0.423 e. The lowest BCUT2D eigenvalue weighted by Gasteiger charge is -2.23. The second-order valence-corrected chi connectivity index (χ2v) is 10.2. The Morgan fingerprint density at radius 3 is 2.45 bits per heavy atom. The van der Waals surface area contributed by atoms with Crippen LogP contribution in [0.15, 0.2) is 62.7 Å². The number of oxazole rings is 1. The first kappa shape index (κ1) is 19.8. The van der Waals surface area contributed by atoms with Crippen LogP contribution in [0, 0.1) is 0 Å². The Kier molecular flexibility index (Phi) is 5.07. The highest BCUT2D eigenvalue weighted by molar-refractivity contribution is 7.89. The zero-order valence-corrected chi connectivity index (χ0v) is 17.0. The lowest BCUT2D eigenvalue weighted by Crippen LogP contribution is -2.40. The van der Waals surface area contributed by atoms with Gasteiger partial charge in [-0.3, -0.25) is 0 Å². The summed E-state index contributed by atoms with van der Waals surface area (Å²) in [6, 6.07) is 12.6. The molecular formula is C18H20N4O5S2. The minimum absolute atomic E-state index is 0.0312. The first-order valence-corrected chi connectivity index (χ1v) is 12.0. The molecule has 11 heteroatoms. The summed E-state index contributed by atoms with van der Waals surface area (Å²) in [6.45, 7) is 0.903. The average Bonchev–Trinajstić information content (AvgIpc) is 3.32. The maximum Gasteiger partial charge on any atom is 0.298 e. The summed E-state index contributed by atoms with van der Waals surface area (Å²) < 4.78 is 56.2. The number of aromatic nitrogens is 1. The van der Waals surface area contributed by atoms with Gasteiger partial charge in [-0.15, -0.1) is 0 Å². The lowest BCUT2D eigenvalue weighted by molar-refractivity contribution is 0.534. The van der Waals surface area contributed by atoms with E-state index in [1.165, 1.54) is 24.3 Å². The van der Waals surface area contributed by atoms with Gasteiger partial charge in [0.05, 0.1) is 9.79 Å². The van der Waals surface area contributed by atoms with E-state index in [-0.39, 0.29) is 22.4 Å². The molecule has 3 aromatic rings. The molecule has 0 aliphatic carbocycles. The van der Waals surface area contributed by atoms with Gasteiger partial charge in [-0.2, -0.15) is 4.98 Å². The quantitative estimate of drug-likeness (QED) is 0.596. The summed E-state index contributed by atoms with van der Waals surface area (Å²) in [7, 11) is -7.68. The van der Waals surface area contributed by atoms with Gasteiger partial charge in [-0.25, -0.2) is 26.7 Å². The first-order chi connectivity index (χ1) is 13.7. The van der Waals surface area contributed by atoms with Gasteiger partial charge in [-0.1, -0.05) is 12.1 Å². The van der Waals surface area contributed by atoms with Gasteiger partial charge in [0.15, 0.2) is 5.58 Å². The zero-order chi connectivity index (χ0) is 20.6. The van der Waals surface area contributed by atoms with Crippen LogP contribution < -0.4 is 14.8 Å². The maximum absolute atomic E-state index is 12.6. The molecule has 0 amide bonds. The fraction of sp³-hybridized carbons (Fsp3) is 0.278. The van der Waals surface area contributed by atoms with E-state index in [1.54, 1.807) is 0 Å². The van der Waals surface area contributed by atoms with Crippen molar-refractivity contribution in [3.8, 4) is 0 Å². The lowest BCUT2D eigenvalue weighted by atomic mass is 10.2. The summed E-state index contributed by atoms with van der Waals surface area (Å²) >= 11 is 0. The molecule has 0 spiro atoms. The summed E-state index contributed by atoms with van der Waals surface area (Å²) in [5.41, 5.74) is 1.44. The smallest absolute Gasteiger partial charge is 0.298 e. The van der Waals surface area contributed by atoms with Crippen LogP contribution in [0.4, 0.5) is 6.01 Å². The van der Waals surface area contributed by atoms with E-state index in [0.717, 1.165) is 24.9 Å². The Balaban J connectivity index is 1.48. The fourth-order valence-corrected chi connectivity index (χ4v) is 4.97. The van der Waals surface area contributed by atoms with Crippen LogP contribution in [0.1, 0.15) is 12.8 Å². The van der Waals surface area contributed by atoms with E-state index in [9.17, 15) is 16.8 Å². The van der Waals surface area contributed by atoms with Gasteiger partial charge in [0.25, 0.3) is 6.01 Å². The van der Waals surface area contributed by atoms with E-state index < -0.39 is 20.0 Å². The Hall–Kier alpha value is -2.47. The molecule has 9 nitrogen and oxygen atoms in total. The molecule has 0 saturated carbocycles. The number of fused-ring (bicyclic) bond motifs is 1. The number of anilines is 1. The van der Waals surface area contributed by atoms with E-state index >= 15 is 0 Å². The standard InChI is InChI=1S/C18H20N4O5S2/c19-28(23,24)14-7-9-15(10-8-14)29(25,26)20-12-13-4-3-11-22(13)18-21-16-5-1-2-6-17(16)27-18/h1-2,5-10,13,20H,3-4,11-12H2,(H2,19,23,24). The van der Waals surface area contributed by atoms with Crippen molar-refractivity contribution in [3.05, 3.63) is 48.5 Å². The van der Waals surface area contributed by atoms with Crippen molar-refractivity contribution in [2.24, 2.45) is 5.14 Å². The normalized spacial score (nSPS) is 17.8. The van der Waals surface area contributed by atoms with Gasteiger partial charge >= 0.3 is 0 Å². The Morgan fingerprint density at radius 2 is 1.76 bits per heavy atom. The third-order valence-corrected chi connectivity index (χ3v) is 7.25. The molecule has 1 fully saturated rings. The molecule has 4 rings (SSSR count). The number of nitrogens with two attached hydrogens (primary N) is 1. The number of para-hydroxylation sites is 2. The SMILES string of the molecule is NS(=O)(=O)c1ccc(S(=O)(=O)NCC2CCCN2c2nc3ccccc3o2)cc1. The van der Waals surface area contributed by atoms with Crippen molar-refractivity contribution < 1.29 is 21.3 Å². The summed E-state index contributed by atoms with van der Waals surface area (Å²) in [6.07, 6.45) is 1.69. The molecular weight excluding hydrogens is 416 g/mol. The van der Waals surface area contributed by atoms with Gasteiger partial charge in [0, 0.05) is 19.1 Å². The fourth-order valence-electron chi connectivity index (χ4n) is 3.38. The molecule has 1 aromatic heterocycles. The van der Waals surface area contributed by atoms with E-state index in [4.69, 9.17) is 9.56 Å². The molecule has 3 N–H and O–H groups in total. The molecule has 0 radical (unpaired) electrons. The molecule has 1 saturated heterocycles. The van der Waals surface area contributed by atoms with Crippen molar-refractivity contribution in [3.63, 3.8) is 0 Å². The highest BCUT2D eigenvalue weighted by Gasteiger charge is 2.29. The van der Waals surface area contributed by atoms with E-state index in [2.05, 4.69) is 9.71 Å². The number of hydrogen-bond donors (Lipinski definition) is 2. The molecule has 1 aliphatic rings. The van der Waals surface area contributed by atoms with Crippen molar-refractivity contribution >= 4 is 37.2 Å². The minimum Gasteiger partial charge on any atom is -0.423 e. The second-order valence-electron chi connectivity index (χ2n) is 6.82. The predicted molar refractivity (Wildman–Crippen MR) is 107 cm³/mol. The Bertz CT molecular complexity index is 1200. The molecule has 154 valence electrons. The molecule has 1 atom stereocenters. The van der Waals surface area contributed by atoms with Crippen molar-refractivity contribution in [2.75, 3.05) is 18.0 Å². The molecule has 1 unspecified atom stereocenters. The summed E-state index contributed by atoms with van der Waals surface area (Å²) in [5, 5.41) is 5.04. The van der Waals surface area contributed by atoms with Gasteiger partial charge in [-0.05, 0) is 49.2 Å². The minimum atomic E-state index is -3.88. The van der Waals surface area contributed by atoms with Crippen molar-refractivity contribution in [1.29, 1.82) is 0 Å². The number of rotatable bonds is 6. The van der Waals surface area contributed by atoms with Gasteiger partial charge < -0.3 is 9.32 Å². The molecule has 29 heavy (non-hydrogen) atoms. The average molecular weight is 437 g/mol. The maximum atomic E-state index is 12.6. The monoisotopic (exact) mass is 436 g/mol. The van der Waals surface area contributed by atoms with Gasteiger partial charge in [0.1, 0.15) is 5.52 Å².